The van der Waals surface area contributed by atoms with Crippen LogP contribution < -0.4 is 10.6 Å². The van der Waals surface area contributed by atoms with Crippen LogP contribution in [0.3, 0.4) is 0 Å². The summed E-state index contributed by atoms with van der Waals surface area (Å²) in [5, 5.41) is 5.84. The highest BCUT2D eigenvalue weighted by Crippen LogP contribution is 2.30. The number of hydrogen-bond donors (Lipinski definition) is 2. The molecule has 1 aromatic heterocycles. The molecule has 0 bridgehead atoms. The van der Waals surface area contributed by atoms with E-state index in [0.29, 0.717) is 6.54 Å². The van der Waals surface area contributed by atoms with Gasteiger partial charge in [-0.05, 0) is 19.8 Å². The quantitative estimate of drug-likeness (QED) is 0.887. The van der Waals surface area contributed by atoms with Crippen molar-refractivity contribution in [2.75, 3.05) is 17.2 Å². The van der Waals surface area contributed by atoms with Crippen LogP contribution in [-0.2, 0) is 6.18 Å². The molecule has 1 saturated carbocycles. The highest BCUT2D eigenvalue weighted by molar-refractivity contribution is 5.43. The third-order valence-electron chi connectivity index (χ3n) is 3.31. The molecule has 0 aromatic carbocycles. The lowest BCUT2D eigenvalue weighted by atomic mass is 9.95. The molecule has 2 N–H and O–H groups in total. The molecule has 7 heteroatoms. The minimum Gasteiger partial charge on any atom is -0.367 e. The normalized spacial score (nSPS) is 17.0. The van der Waals surface area contributed by atoms with Crippen molar-refractivity contribution in [1.29, 1.82) is 0 Å². The Bertz CT molecular complexity index is 442. The van der Waals surface area contributed by atoms with Crippen LogP contribution in [0.4, 0.5) is 24.9 Å². The minimum atomic E-state index is -4.46. The van der Waals surface area contributed by atoms with E-state index in [2.05, 4.69) is 20.6 Å². The van der Waals surface area contributed by atoms with Gasteiger partial charge in [-0.15, -0.1) is 0 Å². The molecule has 1 aliphatic carbocycles. The van der Waals surface area contributed by atoms with Crippen molar-refractivity contribution < 1.29 is 13.2 Å². The molecule has 0 aliphatic heterocycles. The first-order valence-electron chi connectivity index (χ1n) is 6.95. The minimum absolute atomic E-state index is 0.0145. The molecule has 0 atom stereocenters. The largest absolute Gasteiger partial charge is 0.433 e. The van der Waals surface area contributed by atoms with Crippen LogP contribution in [0.2, 0.25) is 0 Å². The average molecular weight is 288 g/mol. The molecule has 0 unspecified atom stereocenters. The second-order valence-electron chi connectivity index (χ2n) is 4.97. The maximum absolute atomic E-state index is 12.8. The zero-order chi connectivity index (χ0) is 14.6. The third-order valence-corrected chi connectivity index (χ3v) is 3.31. The van der Waals surface area contributed by atoms with Crippen LogP contribution >= 0.6 is 0 Å². The standard InChI is InChI=1S/C13H19F3N4/c1-2-17-12-19-10(13(14,15)16)8-11(20-12)18-9-6-4-3-5-7-9/h8-9H,2-7H2,1H3,(H2,17,18,19,20). The van der Waals surface area contributed by atoms with E-state index in [1.165, 1.54) is 6.42 Å². The fourth-order valence-corrected chi connectivity index (χ4v) is 2.36. The van der Waals surface area contributed by atoms with E-state index in [0.717, 1.165) is 31.7 Å². The van der Waals surface area contributed by atoms with E-state index in [-0.39, 0.29) is 17.8 Å². The second kappa shape index (κ2) is 6.28. The van der Waals surface area contributed by atoms with Crippen LogP contribution in [0.5, 0.6) is 0 Å². The average Bonchev–Trinajstić information content (AvgIpc) is 2.39. The molecule has 0 spiro atoms. The van der Waals surface area contributed by atoms with E-state index in [1.54, 1.807) is 6.92 Å². The fraction of sp³-hybridized carbons (Fsp3) is 0.692. The highest BCUT2D eigenvalue weighted by atomic mass is 19.4. The molecule has 0 radical (unpaired) electrons. The van der Waals surface area contributed by atoms with Crippen molar-refractivity contribution in [3.63, 3.8) is 0 Å². The first-order valence-corrected chi connectivity index (χ1v) is 6.95. The van der Waals surface area contributed by atoms with Gasteiger partial charge in [-0.25, -0.2) is 4.98 Å². The Kier molecular flexibility index (Phi) is 4.67. The molecule has 2 rings (SSSR count). The molecule has 112 valence electrons. The van der Waals surface area contributed by atoms with Gasteiger partial charge in [0.05, 0.1) is 0 Å². The number of nitrogens with zero attached hydrogens (tertiary/aromatic N) is 2. The van der Waals surface area contributed by atoms with Crippen molar-refractivity contribution in [2.24, 2.45) is 0 Å². The van der Waals surface area contributed by atoms with E-state index in [9.17, 15) is 13.2 Å². The zero-order valence-electron chi connectivity index (χ0n) is 11.4. The van der Waals surface area contributed by atoms with Crippen molar-refractivity contribution in [2.45, 2.75) is 51.2 Å². The summed E-state index contributed by atoms with van der Waals surface area (Å²) in [4.78, 5) is 7.60. The van der Waals surface area contributed by atoms with Gasteiger partial charge in [0, 0.05) is 18.7 Å². The van der Waals surface area contributed by atoms with Gasteiger partial charge in [-0.2, -0.15) is 18.2 Å². The Balaban J connectivity index is 2.19. The molecular formula is C13H19F3N4. The van der Waals surface area contributed by atoms with Gasteiger partial charge in [0.1, 0.15) is 5.82 Å². The summed E-state index contributed by atoms with van der Waals surface area (Å²) >= 11 is 0. The first kappa shape index (κ1) is 14.9. The van der Waals surface area contributed by atoms with Crippen molar-refractivity contribution in [3.8, 4) is 0 Å². The van der Waals surface area contributed by atoms with Gasteiger partial charge in [0.15, 0.2) is 5.69 Å². The molecule has 4 nitrogen and oxygen atoms in total. The summed E-state index contributed by atoms with van der Waals surface area (Å²) in [5.41, 5.74) is -0.915. The first-order chi connectivity index (χ1) is 9.49. The van der Waals surface area contributed by atoms with E-state index in [4.69, 9.17) is 0 Å². The van der Waals surface area contributed by atoms with Crippen LogP contribution in [0.25, 0.3) is 0 Å². The molecule has 1 fully saturated rings. The Morgan fingerprint density at radius 1 is 1.20 bits per heavy atom. The highest BCUT2D eigenvalue weighted by Gasteiger charge is 2.34. The molecule has 0 amide bonds. The van der Waals surface area contributed by atoms with Crippen molar-refractivity contribution in [1.82, 2.24) is 9.97 Å². The van der Waals surface area contributed by atoms with Crippen LogP contribution in [0, 0.1) is 0 Å². The van der Waals surface area contributed by atoms with E-state index >= 15 is 0 Å². The maximum atomic E-state index is 12.8. The predicted octanol–water partition coefficient (Wildman–Crippen LogP) is 3.67. The monoisotopic (exact) mass is 288 g/mol. The van der Waals surface area contributed by atoms with Crippen molar-refractivity contribution in [3.05, 3.63) is 11.8 Å². The van der Waals surface area contributed by atoms with Crippen LogP contribution in [0.15, 0.2) is 6.07 Å². The summed E-state index contributed by atoms with van der Waals surface area (Å²) in [6.07, 6.45) is 0.891. The maximum Gasteiger partial charge on any atom is 0.433 e. The lowest BCUT2D eigenvalue weighted by Gasteiger charge is -2.23. The summed E-state index contributed by atoms with van der Waals surface area (Å²) in [6.45, 7) is 2.27. The lowest BCUT2D eigenvalue weighted by Crippen LogP contribution is -2.24. The number of halogens is 3. The lowest BCUT2D eigenvalue weighted by molar-refractivity contribution is -0.141. The third kappa shape index (κ3) is 3.98. The number of nitrogens with one attached hydrogen (secondary N) is 2. The number of alkyl halides is 3. The SMILES string of the molecule is CCNc1nc(NC2CCCCC2)cc(C(F)(F)F)n1. The predicted molar refractivity (Wildman–Crippen MR) is 71.7 cm³/mol. The Hall–Kier alpha value is -1.53. The Morgan fingerprint density at radius 3 is 2.50 bits per heavy atom. The zero-order valence-corrected chi connectivity index (χ0v) is 11.4. The second-order valence-corrected chi connectivity index (χ2v) is 4.97. The van der Waals surface area contributed by atoms with Gasteiger partial charge < -0.3 is 10.6 Å². The van der Waals surface area contributed by atoms with Crippen LogP contribution in [0.1, 0.15) is 44.7 Å². The van der Waals surface area contributed by atoms with E-state index in [1.807, 2.05) is 0 Å². The smallest absolute Gasteiger partial charge is 0.367 e. The Labute approximate surface area is 116 Å². The summed E-state index contributed by atoms with van der Waals surface area (Å²) in [7, 11) is 0. The van der Waals surface area contributed by atoms with Gasteiger partial charge in [-0.1, -0.05) is 19.3 Å². The molecule has 1 aliphatic rings. The summed E-state index contributed by atoms with van der Waals surface area (Å²) in [6, 6.07) is 1.18. The van der Waals surface area contributed by atoms with Gasteiger partial charge in [0.2, 0.25) is 5.95 Å². The number of rotatable bonds is 4. The van der Waals surface area contributed by atoms with Gasteiger partial charge in [-0.3, -0.25) is 0 Å². The molecule has 20 heavy (non-hydrogen) atoms. The molecule has 1 heterocycles. The number of aromatic nitrogens is 2. The molecular weight excluding hydrogens is 269 g/mol. The van der Waals surface area contributed by atoms with Crippen LogP contribution in [-0.4, -0.2) is 22.6 Å². The summed E-state index contributed by atoms with van der Waals surface area (Å²) < 4.78 is 38.5. The van der Waals surface area contributed by atoms with Crippen molar-refractivity contribution >= 4 is 11.8 Å². The van der Waals surface area contributed by atoms with Gasteiger partial charge >= 0.3 is 6.18 Å². The number of hydrogen-bond acceptors (Lipinski definition) is 4. The van der Waals surface area contributed by atoms with E-state index < -0.39 is 11.9 Å². The molecule has 1 aromatic rings. The number of anilines is 2. The summed E-state index contributed by atoms with van der Waals surface area (Å²) in [5.74, 6) is 0.260. The van der Waals surface area contributed by atoms with Gasteiger partial charge in [0.25, 0.3) is 0 Å². The fourth-order valence-electron chi connectivity index (χ4n) is 2.36. The Morgan fingerprint density at radius 2 is 1.90 bits per heavy atom. The molecule has 0 saturated heterocycles. The topological polar surface area (TPSA) is 49.8 Å².